The maximum absolute atomic E-state index is 4.83. The van der Waals surface area contributed by atoms with Crippen LogP contribution < -0.4 is 9.80 Å². The van der Waals surface area contributed by atoms with Crippen LogP contribution in [0.15, 0.2) is 199 Å². The fraction of sp³-hybridized carbons (Fsp3) is 0.0588. The molecule has 0 amide bonds. The topological polar surface area (TPSA) is 57.5 Å². The number of aromatic nitrogens is 3. The van der Waals surface area contributed by atoms with Crippen molar-refractivity contribution >= 4 is 67.4 Å². The first-order chi connectivity index (χ1) is 28.2. The zero-order valence-corrected chi connectivity index (χ0v) is 31.4. The number of aliphatic imine (C=N–C) groups is 1. The number of benzene rings is 6. The van der Waals surface area contributed by atoms with Crippen molar-refractivity contribution in [3.05, 3.63) is 194 Å². The van der Waals surface area contributed by atoms with E-state index in [1.54, 1.807) is 0 Å². The summed E-state index contributed by atoms with van der Waals surface area (Å²) in [6.45, 7) is 2.19. The SMILES string of the molecule is CC1C=NC(N(c2ccc(-c3cc4cc(-c5ccc(N(c6ccccn6)c6ccccn6)cc5)c5ccccc5c4c4ccccc34)cc2)c2ccccn2)=CC1. The second-order valence-corrected chi connectivity index (χ2v) is 14.4. The van der Waals surface area contributed by atoms with Gasteiger partial charge in [-0.15, -0.1) is 0 Å². The molecule has 6 heteroatoms. The Kier molecular flexibility index (Phi) is 8.76. The minimum Gasteiger partial charge on any atom is -0.279 e. The Bertz CT molecular complexity index is 2890. The van der Waals surface area contributed by atoms with Gasteiger partial charge in [0.15, 0.2) is 0 Å². The highest BCUT2D eigenvalue weighted by Crippen LogP contribution is 2.43. The van der Waals surface area contributed by atoms with Gasteiger partial charge in [0.2, 0.25) is 0 Å². The van der Waals surface area contributed by atoms with Gasteiger partial charge in [-0.3, -0.25) is 9.80 Å². The van der Waals surface area contributed by atoms with E-state index in [0.717, 1.165) is 52.2 Å². The van der Waals surface area contributed by atoms with Gasteiger partial charge in [0.25, 0.3) is 0 Å². The molecule has 1 aliphatic heterocycles. The summed E-state index contributed by atoms with van der Waals surface area (Å²) in [5.41, 5.74) is 6.67. The van der Waals surface area contributed by atoms with E-state index in [9.17, 15) is 0 Å². The summed E-state index contributed by atoms with van der Waals surface area (Å²) in [4.78, 5) is 23.1. The monoisotopic (exact) mass is 734 g/mol. The van der Waals surface area contributed by atoms with Gasteiger partial charge >= 0.3 is 0 Å². The summed E-state index contributed by atoms with van der Waals surface area (Å²) < 4.78 is 0. The highest BCUT2D eigenvalue weighted by molar-refractivity contribution is 6.25. The lowest BCUT2D eigenvalue weighted by molar-refractivity contribution is 0.779. The van der Waals surface area contributed by atoms with Gasteiger partial charge < -0.3 is 0 Å². The van der Waals surface area contributed by atoms with E-state index in [2.05, 4.69) is 142 Å². The molecular formula is C51H38N6. The fourth-order valence-corrected chi connectivity index (χ4v) is 8.02. The molecule has 10 rings (SSSR count). The third kappa shape index (κ3) is 6.37. The summed E-state index contributed by atoms with van der Waals surface area (Å²) >= 11 is 0. The van der Waals surface area contributed by atoms with Crippen LogP contribution in [0, 0.1) is 5.92 Å². The summed E-state index contributed by atoms with van der Waals surface area (Å²) in [7, 11) is 0. The summed E-state index contributed by atoms with van der Waals surface area (Å²) in [6.07, 6.45) is 10.6. The molecule has 0 radical (unpaired) electrons. The molecule has 1 atom stereocenters. The Hall–Kier alpha value is -7.44. The van der Waals surface area contributed by atoms with Crippen LogP contribution >= 0.6 is 0 Å². The van der Waals surface area contributed by atoms with Crippen LogP contribution in [0.5, 0.6) is 0 Å². The second-order valence-electron chi connectivity index (χ2n) is 14.4. The lowest BCUT2D eigenvalue weighted by atomic mass is 9.87. The first-order valence-electron chi connectivity index (χ1n) is 19.4. The number of anilines is 5. The Morgan fingerprint density at radius 3 is 1.35 bits per heavy atom. The lowest BCUT2D eigenvalue weighted by Crippen LogP contribution is -2.19. The number of fused-ring (bicyclic) bond motifs is 5. The van der Waals surface area contributed by atoms with E-state index in [1.165, 1.54) is 43.4 Å². The van der Waals surface area contributed by atoms with E-state index in [1.807, 2.05) is 79.4 Å². The zero-order valence-electron chi connectivity index (χ0n) is 31.4. The number of hydrogen-bond donors (Lipinski definition) is 0. The molecule has 0 aliphatic carbocycles. The normalized spacial score (nSPS) is 13.8. The quantitative estimate of drug-likeness (QED) is 0.146. The van der Waals surface area contributed by atoms with E-state index in [0.29, 0.717) is 5.92 Å². The van der Waals surface area contributed by atoms with Gasteiger partial charge in [-0.05, 0) is 146 Å². The van der Waals surface area contributed by atoms with E-state index in [-0.39, 0.29) is 0 Å². The average Bonchev–Trinajstić information content (AvgIpc) is 3.28. The van der Waals surface area contributed by atoms with Gasteiger partial charge in [0.05, 0.1) is 0 Å². The fourth-order valence-electron chi connectivity index (χ4n) is 8.02. The standard InChI is InChI=1S/C51H38N6/c1-35-19-28-50(55-34-35)57(49-18-8-11-31-54-49)40-26-22-37(23-27-40)46-33-38-32-45(41-12-2-4-14-43(41)51(38)44-15-5-3-13-42(44)46)36-20-24-39(25-21-36)56(47-16-6-9-29-52-47)48-17-7-10-30-53-48/h2-18,20-35H,19H2,1H3. The molecule has 1 unspecified atom stereocenters. The molecule has 9 aromatic rings. The van der Waals surface area contributed by atoms with Crippen molar-refractivity contribution in [2.24, 2.45) is 10.9 Å². The van der Waals surface area contributed by atoms with Crippen LogP contribution in [0.1, 0.15) is 13.3 Å². The van der Waals surface area contributed by atoms with Gasteiger partial charge in [-0.2, -0.15) is 0 Å². The molecule has 0 spiro atoms. The molecule has 0 bridgehead atoms. The molecule has 3 aromatic heterocycles. The number of pyridine rings is 3. The first kappa shape index (κ1) is 34.1. The largest absolute Gasteiger partial charge is 0.279 e. The Morgan fingerprint density at radius 1 is 0.474 bits per heavy atom. The molecule has 4 heterocycles. The number of hydrogen-bond acceptors (Lipinski definition) is 6. The van der Waals surface area contributed by atoms with Crippen LogP contribution in [0.4, 0.5) is 28.8 Å². The third-order valence-corrected chi connectivity index (χ3v) is 10.7. The van der Waals surface area contributed by atoms with Gasteiger partial charge in [0.1, 0.15) is 23.3 Å². The van der Waals surface area contributed by atoms with E-state index in [4.69, 9.17) is 9.98 Å². The third-order valence-electron chi connectivity index (χ3n) is 10.7. The Labute approximate surface area is 331 Å². The van der Waals surface area contributed by atoms with Crippen molar-refractivity contribution in [2.75, 3.05) is 9.80 Å². The first-order valence-corrected chi connectivity index (χ1v) is 19.4. The van der Waals surface area contributed by atoms with Crippen LogP contribution in [0.3, 0.4) is 0 Å². The van der Waals surface area contributed by atoms with Crippen LogP contribution in [-0.2, 0) is 0 Å². The van der Waals surface area contributed by atoms with Crippen molar-refractivity contribution in [1.82, 2.24) is 15.0 Å². The van der Waals surface area contributed by atoms with Crippen molar-refractivity contribution in [3.8, 4) is 22.3 Å². The smallest absolute Gasteiger partial charge is 0.138 e. The molecule has 6 nitrogen and oxygen atoms in total. The summed E-state index contributed by atoms with van der Waals surface area (Å²) in [5.74, 6) is 3.77. The predicted molar refractivity (Wildman–Crippen MR) is 237 cm³/mol. The molecule has 1 aliphatic rings. The minimum absolute atomic E-state index is 0.416. The van der Waals surface area contributed by atoms with E-state index >= 15 is 0 Å². The molecule has 0 N–H and O–H groups in total. The van der Waals surface area contributed by atoms with Crippen LogP contribution in [0.2, 0.25) is 0 Å². The van der Waals surface area contributed by atoms with Gasteiger partial charge in [0, 0.05) is 36.2 Å². The van der Waals surface area contributed by atoms with Crippen LogP contribution in [0.25, 0.3) is 54.6 Å². The maximum Gasteiger partial charge on any atom is 0.138 e. The van der Waals surface area contributed by atoms with Crippen molar-refractivity contribution < 1.29 is 0 Å². The van der Waals surface area contributed by atoms with Crippen molar-refractivity contribution in [2.45, 2.75) is 13.3 Å². The number of nitrogens with zero attached hydrogens (tertiary/aromatic N) is 6. The van der Waals surface area contributed by atoms with Gasteiger partial charge in [-0.25, -0.2) is 19.9 Å². The van der Waals surface area contributed by atoms with Crippen molar-refractivity contribution in [1.29, 1.82) is 0 Å². The van der Waals surface area contributed by atoms with Gasteiger partial charge in [-0.1, -0.05) is 97.9 Å². The molecule has 0 saturated carbocycles. The minimum atomic E-state index is 0.416. The molecule has 0 fully saturated rings. The molecule has 57 heavy (non-hydrogen) atoms. The zero-order chi connectivity index (χ0) is 38.1. The molecule has 272 valence electrons. The summed E-state index contributed by atoms with van der Waals surface area (Å²) in [6, 6.07) is 57.8. The van der Waals surface area contributed by atoms with E-state index < -0.39 is 0 Å². The number of rotatable bonds is 8. The highest BCUT2D eigenvalue weighted by atomic mass is 15.3. The highest BCUT2D eigenvalue weighted by Gasteiger charge is 2.20. The molecule has 6 aromatic carbocycles. The summed E-state index contributed by atoms with van der Waals surface area (Å²) in [5, 5.41) is 7.36. The Balaban J connectivity index is 1.09. The molecular weight excluding hydrogens is 697 g/mol. The lowest BCUT2D eigenvalue weighted by Gasteiger charge is -2.26. The second kappa shape index (κ2) is 14.7. The van der Waals surface area contributed by atoms with Crippen molar-refractivity contribution in [3.63, 3.8) is 0 Å². The average molecular weight is 735 g/mol. The van der Waals surface area contributed by atoms with Crippen LogP contribution in [-0.4, -0.2) is 21.2 Å². The maximum atomic E-state index is 4.83. The Morgan fingerprint density at radius 2 is 0.912 bits per heavy atom. The molecule has 0 saturated heterocycles. The predicted octanol–water partition coefficient (Wildman–Crippen LogP) is 13.2. The number of allylic oxidation sites excluding steroid dienone is 1.